The number of aromatic nitrogens is 2. The minimum absolute atomic E-state index is 0.0452. The van der Waals surface area contributed by atoms with E-state index in [9.17, 15) is 9.59 Å². The molecule has 1 amide bonds. The molecule has 3 N–H and O–H groups in total. The van der Waals surface area contributed by atoms with E-state index in [1.165, 1.54) is 0 Å². The summed E-state index contributed by atoms with van der Waals surface area (Å²) in [5.41, 5.74) is 2.43. The molecule has 9 heteroatoms. The van der Waals surface area contributed by atoms with Gasteiger partial charge in [0.05, 0.1) is 19.6 Å². The van der Waals surface area contributed by atoms with Gasteiger partial charge in [0.2, 0.25) is 11.9 Å². The van der Waals surface area contributed by atoms with Crippen LogP contribution >= 0.6 is 0 Å². The number of carboxylic acids is 1. The zero-order valence-corrected chi connectivity index (χ0v) is 17.8. The van der Waals surface area contributed by atoms with Gasteiger partial charge in [0.1, 0.15) is 5.75 Å². The Labute approximate surface area is 181 Å². The van der Waals surface area contributed by atoms with E-state index in [-0.39, 0.29) is 18.9 Å². The van der Waals surface area contributed by atoms with Crippen molar-refractivity contribution in [2.75, 3.05) is 32.1 Å². The fourth-order valence-electron chi connectivity index (χ4n) is 3.49. The first-order chi connectivity index (χ1) is 15.0. The highest BCUT2D eigenvalue weighted by atomic mass is 16.5. The molecule has 166 valence electrons. The number of carbonyl (C=O) groups is 2. The highest BCUT2D eigenvalue weighted by molar-refractivity contribution is 5.78. The summed E-state index contributed by atoms with van der Waals surface area (Å²) in [7, 11) is 1.75. The Bertz CT molecular complexity index is 888. The SMILES string of the molecule is CNc1ncc(CN2CC(=O)NCCCCCOc3ccc(CC(=O)O)cc3C2)cn1. The van der Waals surface area contributed by atoms with Crippen LogP contribution in [-0.4, -0.2) is 58.6 Å². The van der Waals surface area contributed by atoms with Crippen LogP contribution in [0.25, 0.3) is 0 Å². The molecular formula is C22H29N5O4. The van der Waals surface area contributed by atoms with Crippen LogP contribution in [0.2, 0.25) is 0 Å². The Morgan fingerprint density at radius 2 is 2.00 bits per heavy atom. The molecule has 1 aliphatic heterocycles. The largest absolute Gasteiger partial charge is 0.493 e. The molecule has 3 rings (SSSR count). The van der Waals surface area contributed by atoms with Crippen LogP contribution in [0.15, 0.2) is 30.6 Å². The third kappa shape index (κ3) is 7.21. The lowest BCUT2D eigenvalue weighted by molar-refractivity contribution is -0.136. The molecule has 31 heavy (non-hydrogen) atoms. The van der Waals surface area contributed by atoms with E-state index in [2.05, 4.69) is 20.6 Å². The van der Waals surface area contributed by atoms with Crippen LogP contribution in [-0.2, 0) is 29.1 Å². The summed E-state index contributed by atoms with van der Waals surface area (Å²) in [5, 5.41) is 15.0. The Morgan fingerprint density at radius 1 is 1.19 bits per heavy atom. The second-order valence-corrected chi connectivity index (χ2v) is 7.58. The fourth-order valence-corrected chi connectivity index (χ4v) is 3.49. The zero-order valence-electron chi connectivity index (χ0n) is 17.8. The number of hydrogen-bond donors (Lipinski definition) is 3. The first-order valence-electron chi connectivity index (χ1n) is 10.5. The number of rotatable bonds is 5. The van der Waals surface area contributed by atoms with Gasteiger partial charge in [-0.25, -0.2) is 9.97 Å². The molecular weight excluding hydrogens is 398 g/mol. The number of nitrogens with one attached hydrogen (secondary N) is 2. The van der Waals surface area contributed by atoms with Gasteiger partial charge >= 0.3 is 5.97 Å². The number of carbonyl (C=O) groups excluding carboxylic acids is 1. The highest BCUT2D eigenvalue weighted by Crippen LogP contribution is 2.24. The molecule has 0 spiro atoms. The molecule has 0 saturated carbocycles. The minimum atomic E-state index is -0.886. The lowest BCUT2D eigenvalue weighted by Gasteiger charge is -2.23. The summed E-state index contributed by atoms with van der Waals surface area (Å²) in [4.78, 5) is 34.2. The van der Waals surface area contributed by atoms with Gasteiger partial charge in [-0.2, -0.15) is 0 Å². The third-order valence-electron chi connectivity index (χ3n) is 4.98. The monoisotopic (exact) mass is 427 g/mol. The van der Waals surface area contributed by atoms with E-state index in [4.69, 9.17) is 9.84 Å². The molecule has 9 nitrogen and oxygen atoms in total. The number of aliphatic carboxylic acids is 1. The van der Waals surface area contributed by atoms with E-state index in [0.29, 0.717) is 37.8 Å². The topological polar surface area (TPSA) is 117 Å². The van der Waals surface area contributed by atoms with E-state index in [0.717, 1.165) is 36.1 Å². The van der Waals surface area contributed by atoms with Crippen LogP contribution in [0.3, 0.4) is 0 Å². The minimum Gasteiger partial charge on any atom is -0.493 e. The number of ether oxygens (including phenoxy) is 1. The number of benzene rings is 1. The predicted octanol–water partition coefficient (Wildman–Crippen LogP) is 1.83. The summed E-state index contributed by atoms with van der Waals surface area (Å²) in [6.45, 7) is 2.33. The van der Waals surface area contributed by atoms with E-state index >= 15 is 0 Å². The molecule has 0 saturated heterocycles. The lowest BCUT2D eigenvalue weighted by Crippen LogP contribution is -2.37. The summed E-state index contributed by atoms with van der Waals surface area (Å²) >= 11 is 0. The fraction of sp³-hybridized carbons (Fsp3) is 0.455. The summed E-state index contributed by atoms with van der Waals surface area (Å²) in [6.07, 6.45) is 6.16. The molecule has 0 unspecified atom stereocenters. The van der Waals surface area contributed by atoms with E-state index < -0.39 is 5.97 Å². The van der Waals surface area contributed by atoms with Crippen LogP contribution in [0, 0.1) is 0 Å². The Morgan fingerprint density at radius 3 is 2.74 bits per heavy atom. The van der Waals surface area contributed by atoms with E-state index in [1.54, 1.807) is 25.5 Å². The standard InChI is InChI=1S/C22H29N5O4/c1-23-22-25-11-17(12-26-22)13-27-14-18-9-16(10-21(29)30)5-6-19(18)31-8-4-2-3-7-24-20(28)15-27/h5-6,9,11-12H,2-4,7-8,10,13-15H2,1H3,(H,24,28)(H,29,30)(H,23,25,26). The molecule has 0 atom stereocenters. The van der Waals surface area contributed by atoms with Gasteiger partial charge in [-0.1, -0.05) is 12.1 Å². The number of amides is 1. The van der Waals surface area contributed by atoms with Crippen molar-refractivity contribution in [1.82, 2.24) is 20.2 Å². The van der Waals surface area contributed by atoms with Crippen molar-refractivity contribution in [3.63, 3.8) is 0 Å². The molecule has 1 aromatic heterocycles. The Balaban J connectivity index is 1.86. The van der Waals surface area contributed by atoms with Gasteiger partial charge in [-0.05, 0) is 30.9 Å². The maximum Gasteiger partial charge on any atom is 0.307 e. The van der Waals surface area contributed by atoms with Crippen molar-refractivity contribution in [1.29, 1.82) is 0 Å². The maximum absolute atomic E-state index is 12.5. The number of fused-ring (bicyclic) bond motifs is 1. The molecule has 2 heterocycles. The zero-order chi connectivity index (χ0) is 22.1. The molecule has 0 fully saturated rings. The average Bonchev–Trinajstić information content (AvgIpc) is 2.75. The summed E-state index contributed by atoms with van der Waals surface area (Å²) in [6, 6.07) is 5.47. The first-order valence-corrected chi connectivity index (χ1v) is 10.5. The average molecular weight is 428 g/mol. The quantitative estimate of drug-likeness (QED) is 0.662. The molecule has 1 aliphatic rings. The second kappa shape index (κ2) is 11.3. The molecule has 0 radical (unpaired) electrons. The van der Waals surface area contributed by atoms with Crippen molar-refractivity contribution in [2.45, 2.75) is 38.8 Å². The van der Waals surface area contributed by atoms with Crippen molar-refractivity contribution in [3.05, 3.63) is 47.3 Å². The van der Waals surface area contributed by atoms with Gasteiger partial charge in [0.25, 0.3) is 0 Å². The smallest absolute Gasteiger partial charge is 0.307 e. The second-order valence-electron chi connectivity index (χ2n) is 7.58. The highest BCUT2D eigenvalue weighted by Gasteiger charge is 2.17. The van der Waals surface area contributed by atoms with Crippen LogP contribution in [0.1, 0.15) is 36.0 Å². The third-order valence-corrected chi connectivity index (χ3v) is 4.98. The van der Waals surface area contributed by atoms with E-state index in [1.807, 2.05) is 17.0 Å². The lowest BCUT2D eigenvalue weighted by atomic mass is 10.1. The maximum atomic E-state index is 12.5. The number of hydrogen-bond acceptors (Lipinski definition) is 7. The van der Waals surface area contributed by atoms with Crippen molar-refractivity contribution >= 4 is 17.8 Å². The van der Waals surface area contributed by atoms with Crippen LogP contribution < -0.4 is 15.4 Å². The molecule has 2 aromatic rings. The normalized spacial score (nSPS) is 16.0. The van der Waals surface area contributed by atoms with Crippen molar-refractivity contribution < 1.29 is 19.4 Å². The summed E-state index contributed by atoms with van der Waals surface area (Å²) in [5.74, 6) is 0.323. The predicted molar refractivity (Wildman–Crippen MR) is 116 cm³/mol. The van der Waals surface area contributed by atoms with Crippen molar-refractivity contribution in [3.8, 4) is 5.75 Å². The van der Waals surface area contributed by atoms with Gasteiger partial charge in [-0.15, -0.1) is 0 Å². The number of nitrogens with zero attached hydrogens (tertiary/aromatic N) is 3. The Kier molecular flexibility index (Phi) is 8.17. The summed E-state index contributed by atoms with van der Waals surface area (Å²) < 4.78 is 6.00. The molecule has 1 aromatic carbocycles. The molecule has 0 aliphatic carbocycles. The Hall–Kier alpha value is -3.20. The first kappa shape index (κ1) is 22.5. The van der Waals surface area contributed by atoms with Gasteiger partial charge in [0, 0.05) is 50.2 Å². The van der Waals surface area contributed by atoms with Gasteiger partial charge in [0.15, 0.2) is 0 Å². The van der Waals surface area contributed by atoms with Crippen molar-refractivity contribution in [2.24, 2.45) is 0 Å². The van der Waals surface area contributed by atoms with Crippen LogP contribution in [0.4, 0.5) is 5.95 Å². The molecule has 0 bridgehead atoms. The van der Waals surface area contributed by atoms with Gasteiger partial charge < -0.3 is 20.5 Å². The van der Waals surface area contributed by atoms with Gasteiger partial charge in [-0.3, -0.25) is 14.5 Å². The number of carboxylic acid groups (broad SMARTS) is 1. The number of anilines is 1. The van der Waals surface area contributed by atoms with Crippen LogP contribution in [0.5, 0.6) is 5.75 Å².